The lowest BCUT2D eigenvalue weighted by Gasteiger charge is -2.10. The first-order chi connectivity index (χ1) is 9.72. The Bertz CT molecular complexity index is 570. The van der Waals surface area contributed by atoms with Crippen LogP contribution in [0.3, 0.4) is 0 Å². The molecule has 0 fully saturated rings. The number of para-hydroxylation sites is 1. The number of rotatable bonds is 7. The monoisotopic (exact) mass is 292 g/mol. The number of ether oxygens (including phenoxy) is 1. The average Bonchev–Trinajstić information content (AvgIpc) is 2.92. The van der Waals surface area contributed by atoms with Gasteiger partial charge in [-0.2, -0.15) is 0 Å². The lowest BCUT2D eigenvalue weighted by atomic mass is 10.2. The summed E-state index contributed by atoms with van der Waals surface area (Å²) < 4.78 is 5.31. The molecule has 20 heavy (non-hydrogen) atoms. The minimum Gasteiger partial charge on any atom is -0.487 e. The topological polar surface area (TPSA) is 64.4 Å². The van der Waals surface area contributed by atoms with Crippen molar-refractivity contribution in [2.24, 2.45) is 0 Å². The van der Waals surface area contributed by atoms with Crippen LogP contribution >= 0.6 is 11.3 Å². The van der Waals surface area contributed by atoms with E-state index in [0.29, 0.717) is 24.6 Å². The van der Waals surface area contributed by atoms with Crippen molar-refractivity contribution in [1.82, 2.24) is 0 Å². The summed E-state index contributed by atoms with van der Waals surface area (Å²) in [6.07, 6.45) is 0.841. The van der Waals surface area contributed by atoms with Crippen LogP contribution in [0.4, 0.5) is 11.4 Å². The summed E-state index contributed by atoms with van der Waals surface area (Å²) in [6.45, 7) is 2.86. The van der Waals surface area contributed by atoms with E-state index in [9.17, 15) is 10.1 Å². The number of nitro benzene ring substituents is 1. The number of hydrogen-bond donors (Lipinski definition) is 1. The Hall–Kier alpha value is -2.08. The van der Waals surface area contributed by atoms with Crippen molar-refractivity contribution in [3.05, 3.63) is 50.7 Å². The molecule has 106 valence electrons. The molecule has 2 rings (SSSR count). The summed E-state index contributed by atoms with van der Waals surface area (Å²) >= 11 is 1.68. The maximum atomic E-state index is 11.2. The van der Waals surface area contributed by atoms with Crippen LogP contribution in [0.15, 0.2) is 35.7 Å². The number of thiophene rings is 1. The van der Waals surface area contributed by atoms with Gasteiger partial charge >= 0.3 is 5.69 Å². The van der Waals surface area contributed by atoms with Gasteiger partial charge in [0.2, 0.25) is 0 Å². The zero-order valence-corrected chi connectivity index (χ0v) is 12.0. The number of nitrogens with zero attached hydrogens (tertiary/aromatic N) is 1. The van der Waals surface area contributed by atoms with E-state index >= 15 is 0 Å². The van der Waals surface area contributed by atoms with Crippen molar-refractivity contribution in [3.63, 3.8) is 0 Å². The Morgan fingerprint density at radius 3 is 2.85 bits per heavy atom. The summed E-state index contributed by atoms with van der Waals surface area (Å²) in [6, 6.07) is 9.13. The van der Waals surface area contributed by atoms with E-state index in [1.807, 2.05) is 11.4 Å². The van der Waals surface area contributed by atoms with Crippen LogP contribution in [0.5, 0.6) is 5.75 Å². The highest BCUT2D eigenvalue weighted by Gasteiger charge is 2.20. The molecule has 1 heterocycles. The average molecular weight is 292 g/mol. The molecule has 0 radical (unpaired) electrons. The minimum atomic E-state index is -0.404. The Balaban J connectivity index is 2.09. The summed E-state index contributed by atoms with van der Waals surface area (Å²) in [5.74, 6) is 0.304. The van der Waals surface area contributed by atoms with Gasteiger partial charge in [0.15, 0.2) is 5.75 Å². The van der Waals surface area contributed by atoms with E-state index in [4.69, 9.17) is 4.74 Å². The zero-order valence-electron chi connectivity index (χ0n) is 11.2. The fraction of sp³-hybridized carbons (Fsp3) is 0.286. The maximum absolute atomic E-state index is 11.2. The Morgan fingerprint density at radius 2 is 2.20 bits per heavy atom. The lowest BCUT2D eigenvalue weighted by Crippen LogP contribution is -2.07. The van der Waals surface area contributed by atoms with Crippen molar-refractivity contribution in [2.75, 3.05) is 18.5 Å². The van der Waals surface area contributed by atoms with Crippen molar-refractivity contribution in [3.8, 4) is 5.75 Å². The van der Waals surface area contributed by atoms with Gasteiger partial charge in [0, 0.05) is 11.4 Å². The number of benzene rings is 1. The van der Waals surface area contributed by atoms with E-state index in [2.05, 4.69) is 11.4 Å². The molecule has 0 unspecified atom stereocenters. The van der Waals surface area contributed by atoms with Crippen LogP contribution in [0.1, 0.15) is 11.8 Å². The third-order valence-corrected chi connectivity index (χ3v) is 3.68. The Morgan fingerprint density at radius 1 is 1.35 bits per heavy atom. The highest BCUT2D eigenvalue weighted by molar-refractivity contribution is 7.09. The van der Waals surface area contributed by atoms with Crippen LogP contribution in [-0.4, -0.2) is 18.1 Å². The number of anilines is 1. The van der Waals surface area contributed by atoms with E-state index in [0.717, 1.165) is 6.42 Å². The molecule has 0 aliphatic rings. The highest BCUT2D eigenvalue weighted by Crippen LogP contribution is 2.34. The normalized spacial score (nSPS) is 10.2. The largest absolute Gasteiger partial charge is 0.487 e. The van der Waals surface area contributed by atoms with Crippen LogP contribution in [-0.2, 0) is 6.42 Å². The number of nitro groups is 1. The molecule has 0 saturated carbocycles. The van der Waals surface area contributed by atoms with Crippen LogP contribution in [0, 0.1) is 10.1 Å². The molecule has 0 spiro atoms. The fourth-order valence-corrected chi connectivity index (χ4v) is 2.61. The van der Waals surface area contributed by atoms with Gasteiger partial charge in [-0.15, -0.1) is 11.3 Å². The maximum Gasteiger partial charge on any atom is 0.333 e. The molecule has 1 N–H and O–H groups in total. The minimum absolute atomic E-state index is 0.000490. The van der Waals surface area contributed by atoms with Gasteiger partial charge in [0.25, 0.3) is 0 Å². The lowest BCUT2D eigenvalue weighted by molar-refractivity contribution is -0.384. The molecular formula is C14H16N2O3S. The van der Waals surface area contributed by atoms with Gasteiger partial charge in [0.05, 0.1) is 11.5 Å². The standard InChI is InChI=1S/C14H16N2O3S/c1-2-19-13-7-3-6-12(14(13)16(17)18)15-9-8-11-5-4-10-20-11/h3-7,10,15H,2,8-9H2,1H3. The van der Waals surface area contributed by atoms with E-state index in [1.54, 1.807) is 36.5 Å². The second kappa shape index (κ2) is 6.91. The molecule has 0 aliphatic heterocycles. The van der Waals surface area contributed by atoms with Gasteiger partial charge in [-0.3, -0.25) is 10.1 Å². The molecule has 0 atom stereocenters. The second-order valence-corrected chi connectivity index (χ2v) is 5.13. The van der Waals surface area contributed by atoms with Crippen molar-refractivity contribution in [1.29, 1.82) is 0 Å². The first-order valence-corrected chi connectivity index (χ1v) is 7.26. The van der Waals surface area contributed by atoms with Crippen LogP contribution in [0.25, 0.3) is 0 Å². The van der Waals surface area contributed by atoms with E-state index in [1.165, 1.54) is 4.88 Å². The Kier molecular flexibility index (Phi) is 4.95. The van der Waals surface area contributed by atoms with Gasteiger partial charge in [0.1, 0.15) is 5.69 Å². The molecule has 0 aliphatic carbocycles. The van der Waals surface area contributed by atoms with Gasteiger partial charge < -0.3 is 10.1 Å². The number of hydrogen-bond acceptors (Lipinski definition) is 5. The van der Waals surface area contributed by atoms with Crippen LogP contribution < -0.4 is 10.1 Å². The molecule has 5 nitrogen and oxygen atoms in total. The zero-order chi connectivity index (χ0) is 14.4. The van der Waals surface area contributed by atoms with Crippen molar-refractivity contribution in [2.45, 2.75) is 13.3 Å². The van der Waals surface area contributed by atoms with Crippen molar-refractivity contribution >= 4 is 22.7 Å². The van der Waals surface area contributed by atoms with E-state index in [-0.39, 0.29) is 5.69 Å². The highest BCUT2D eigenvalue weighted by atomic mass is 32.1. The summed E-state index contributed by atoms with van der Waals surface area (Å²) in [5, 5.41) is 16.3. The SMILES string of the molecule is CCOc1cccc(NCCc2cccs2)c1[N+](=O)[O-]. The summed E-state index contributed by atoms with van der Waals surface area (Å²) in [7, 11) is 0. The number of nitrogens with one attached hydrogen (secondary N) is 1. The van der Waals surface area contributed by atoms with E-state index < -0.39 is 4.92 Å². The molecule has 0 amide bonds. The molecule has 6 heteroatoms. The third-order valence-electron chi connectivity index (χ3n) is 2.75. The van der Waals surface area contributed by atoms with Gasteiger partial charge in [-0.25, -0.2) is 0 Å². The molecule has 0 saturated heterocycles. The first-order valence-electron chi connectivity index (χ1n) is 6.38. The molecular weight excluding hydrogens is 276 g/mol. The predicted octanol–water partition coefficient (Wildman–Crippen LogP) is 3.71. The molecule has 1 aromatic heterocycles. The Labute approximate surface area is 121 Å². The van der Waals surface area contributed by atoms with Gasteiger partial charge in [-0.1, -0.05) is 12.1 Å². The first kappa shape index (κ1) is 14.3. The van der Waals surface area contributed by atoms with Gasteiger partial charge in [-0.05, 0) is 36.9 Å². The predicted molar refractivity (Wildman–Crippen MR) is 80.8 cm³/mol. The molecule has 2 aromatic rings. The third kappa shape index (κ3) is 3.48. The second-order valence-electron chi connectivity index (χ2n) is 4.10. The molecule has 1 aromatic carbocycles. The molecule has 0 bridgehead atoms. The quantitative estimate of drug-likeness (QED) is 0.624. The smallest absolute Gasteiger partial charge is 0.333 e. The van der Waals surface area contributed by atoms with Crippen LogP contribution in [0.2, 0.25) is 0 Å². The summed E-state index contributed by atoms with van der Waals surface area (Å²) in [5.41, 5.74) is 0.498. The fourth-order valence-electron chi connectivity index (χ4n) is 1.90. The summed E-state index contributed by atoms with van der Waals surface area (Å²) in [4.78, 5) is 12.0. The van der Waals surface area contributed by atoms with Crippen molar-refractivity contribution < 1.29 is 9.66 Å².